The van der Waals surface area contributed by atoms with Gasteiger partial charge in [-0.1, -0.05) is 6.07 Å². The molecular formula is C12H15N5O3. The molecule has 1 rings (SSSR count). The molecule has 0 aliphatic heterocycles. The van der Waals surface area contributed by atoms with Gasteiger partial charge in [-0.3, -0.25) is 20.8 Å². The van der Waals surface area contributed by atoms with Crippen molar-refractivity contribution in [3.8, 4) is 6.07 Å². The van der Waals surface area contributed by atoms with Crippen LogP contribution in [0.2, 0.25) is 0 Å². The number of nitrogens with one attached hydrogen (secondary N) is 1. The predicted octanol–water partition coefficient (Wildman–Crippen LogP) is 1.25. The second kappa shape index (κ2) is 6.49. The van der Waals surface area contributed by atoms with Gasteiger partial charge in [0.1, 0.15) is 11.3 Å². The van der Waals surface area contributed by atoms with E-state index in [2.05, 4.69) is 5.43 Å². The summed E-state index contributed by atoms with van der Waals surface area (Å²) in [7, 11) is 1.50. The van der Waals surface area contributed by atoms with Gasteiger partial charge in [-0.25, -0.2) is 0 Å². The minimum Gasteiger partial charge on any atom is -0.338 e. The first-order valence-corrected chi connectivity index (χ1v) is 5.82. The molecule has 8 heteroatoms. The van der Waals surface area contributed by atoms with Crippen molar-refractivity contribution in [1.29, 1.82) is 5.26 Å². The normalized spacial score (nSPS) is 11.3. The topological polar surface area (TPSA) is 125 Å². The van der Waals surface area contributed by atoms with E-state index in [9.17, 15) is 14.9 Å². The summed E-state index contributed by atoms with van der Waals surface area (Å²) in [6, 6.07) is 5.88. The fraction of sp³-hybridized carbons (Fsp3) is 0.333. The number of rotatable bonds is 5. The molecule has 1 atom stereocenters. The smallest absolute Gasteiger partial charge is 0.306 e. The number of nitriles is 1. The summed E-state index contributed by atoms with van der Waals surface area (Å²) >= 11 is 0. The van der Waals surface area contributed by atoms with Crippen molar-refractivity contribution in [2.45, 2.75) is 19.4 Å². The first-order chi connectivity index (χ1) is 9.43. The van der Waals surface area contributed by atoms with Crippen molar-refractivity contribution < 1.29 is 9.72 Å². The zero-order valence-electron chi connectivity index (χ0n) is 11.2. The number of nitrogens with two attached hydrogens (primary N) is 1. The number of carbonyl (C=O) groups excluding carboxylic acids is 1. The van der Waals surface area contributed by atoms with Gasteiger partial charge in [0.15, 0.2) is 0 Å². The van der Waals surface area contributed by atoms with Crippen LogP contribution in [0.1, 0.15) is 23.7 Å². The Morgan fingerprint density at radius 1 is 1.65 bits per heavy atom. The zero-order chi connectivity index (χ0) is 15.3. The molecule has 8 nitrogen and oxygen atoms in total. The summed E-state index contributed by atoms with van der Waals surface area (Å²) in [6.07, 6.45) is 0.144. The Morgan fingerprint density at radius 3 is 2.80 bits per heavy atom. The molecule has 0 spiro atoms. The Hall–Kier alpha value is -2.66. The fourth-order valence-corrected chi connectivity index (χ4v) is 1.69. The zero-order valence-corrected chi connectivity index (χ0v) is 11.2. The molecule has 3 N–H and O–H groups in total. The number of hydrogen-bond acceptors (Lipinski definition) is 6. The summed E-state index contributed by atoms with van der Waals surface area (Å²) in [6.45, 7) is 1.69. The van der Waals surface area contributed by atoms with Gasteiger partial charge in [0.25, 0.3) is 5.91 Å². The van der Waals surface area contributed by atoms with Gasteiger partial charge < -0.3 is 10.3 Å². The Labute approximate surface area is 115 Å². The number of nitrogen functional groups attached to an aromatic ring is 1. The first-order valence-electron chi connectivity index (χ1n) is 5.82. The molecule has 0 saturated heterocycles. The van der Waals surface area contributed by atoms with Crippen LogP contribution in [0.15, 0.2) is 18.2 Å². The number of nitro groups is 1. The molecule has 0 fully saturated rings. The number of nitrogens with zero attached hydrogens (tertiary/aromatic N) is 3. The molecule has 1 unspecified atom stereocenters. The Balaban J connectivity index is 3.23. The van der Waals surface area contributed by atoms with Crippen LogP contribution in [-0.4, -0.2) is 28.8 Å². The van der Waals surface area contributed by atoms with E-state index in [1.165, 1.54) is 30.1 Å². The highest BCUT2D eigenvalue weighted by Gasteiger charge is 2.27. The molecule has 0 aliphatic rings. The highest BCUT2D eigenvalue weighted by atomic mass is 16.6. The van der Waals surface area contributed by atoms with Crippen molar-refractivity contribution in [2.75, 3.05) is 12.5 Å². The van der Waals surface area contributed by atoms with Crippen molar-refractivity contribution in [1.82, 2.24) is 4.90 Å². The van der Waals surface area contributed by atoms with Crippen molar-refractivity contribution >= 4 is 17.3 Å². The lowest BCUT2D eigenvalue weighted by Crippen LogP contribution is -2.35. The molecule has 0 heterocycles. The summed E-state index contributed by atoms with van der Waals surface area (Å²) in [4.78, 5) is 24.0. The Morgan fingerprint density at radius 2 is 2.30 bits per heavy atom. The third-order valence-corrected chi connectivity index (χ3v) is 2.97. The molecule has 0 aliphatic carbocycles. The van der Waals surface area contributed by atoms with Gasteiger partial charge in [0, 0.05) is 13.1 Å². The Bertz CT molecular complexity index is 567. The van der Waals surface area contributed by atoms with Crippen LogP contribution in [0.4, 0.5) is 11.4 Å². The molecule has 0 saturated carbocycles. The van der Waals surface area contributed by atoms with Crippen LogP contribution in [-0.2, 0) is 0 Å². The van der Waals surface area contributed by atoms with E-state index in [-0.39, 0.29) is 29.4 Å². The third kappa shape index (κ3) is 3.02. The number of anilines is 1. The number of benzene rings is 1. The molecule has 1 aromatic carbocycles. The second-order valence-electron chi connectivity index (χ2n) is 4.23. The van der Waals surface area contributed by atoms with Gasteiger partial charge in [-0.05, 0) is 19.1 Å². The maximum atomic E-state index is 12.3. The lowest BCUT2D eigenvalue weighted by atomic mass is 10.1. The largest absolute Gasteiger partial charge is 0.338 e. The van der Waals surface area contributed by atoms with Crippen LogP contribution in [0, 0.1) is 21.4 Å². The first kappa shape index (κ1) is 15.4. The molecule has 0 radical (unpaired) electrons. The van der Waals surface area contributed by atoms with E-state index in [0.717, 1.165) is 0 Å². The van der Waals surface area contributed by atoms with E-state index >= 15 is 0 Å². The van der Waals surface area contributed by atoms with Crippen molar-refractivity contribution in [2.24, 2.45) is 5.84 Å². The number of para-hydroxylation sites is 1. The maximum Gasteiger partial charge on any atom is 0.306 e. The van der Waals surface area contributed by atoms with E-state index in [0.29, 0.717) is 0 Å². The van der Waals surface area contributed by atoms with Crippen LogP contribution >= 0.6 is 0 Å². The number of hydrogen-bond donors (Lipinski definition) is 2. The van der Waals surface area contributed by atoms with Crippen molar-refractivity contribution in [3.63, 3.8) is 0 Å². The minimum absolute atomic E-state index is 0.0576. The SMILES string of the molecule is CC(CC#N)N(C)C(=O)c1cccc(NN)c1[N+](=O)[O-]. The quantitative estimate of drug-likeness (QED) is 0.474. The monoisotopic (exact) mass is 277 g/mol. The fourth-order valence-electron chi connectivity index (χ4n) is 1.69. The molecule has 20 heavy (non-hydrogen) atoms. The second-order valence-corrected chi connectivity index (χ2v) is 4.23. The van der Waals surface area contributed by atoms with Gasteiger partial charge >= 0.3 is 5.69 Å². The minimum atomic E-state index is -0.661. The van der Waals surface area contributed by atoms with Gasteiger partial charge in [-0.2, -0.15) is 5.26 Å². The van der Waals surface area contributed by atoms with Gasteiger partial charge in [-0.15, -0.1) is 0 Å². The van der Waals surface area contributed by atoms with E-state index in [4.69, 9.17) is 11.1 Å². The van der Waals surface area contributed by atoms with Gasteiger partial charge in [0.2, 0.25) is 0 Å². The van der Waals surface area contributed by atoms with E-state index < -0.39 is 10.8 Å². The molecule has 106 valence electrons. The van der Waals surface area contributed by atoms with Crippen LogP contribution in [0.3, 0.4) is 0 Å². The highest BCUT2D eigenvalue weighted by molar-refractivity contribution is 6.00. The summed E-state index contributed by atoms with van der Waals surface area (Å²) in [5.41, 5.74) is 1.81. The van der Waals surface area contributed by atoms with Gasteiger partial charge in [0.05, 0.1) is 17.4 Å². The van der Waals surface area contributed by atoms with E-state index in [1.807, 2.05) is 6.07 Å². The predicted molar refractivity (Wildman–Crippen MR) is 72.7 cm³/mol. The van der Waals surface area contributed by atoms with Crippen molar-refractivity contribution in [3.05, 3.63) is 33.9 Å². The highest BCUT2D eigenvalue weighted by Crippen LogP contribution is 2.29. The van der Waals surface area contributed by atoms with Crippen LogP contribution in [0.25, 0.3) is 0 Å². The lowest BCUT2D eigenvalue weighted by molar-refractivity contribution is -0.384. The van der Waals surface area contributed by atoms with Crippen LogP contribution < -0.4 is 11.3 Å². The Kier molecular flexibility index (Phi) is 5.00. The average molecular weight is 277 g/mol. The number of amides is 1. The van der Waals surface area contributed by atoms with Crippen LogP contribution in [0.5, 0.6) is 0 Å². The molecule has 0 bridgehead atoms. The molecular weight excluding hydrogens is 262 g/mol. The molecule has 1 amide bonds. The number of nitro benzene ring substituents is 1. The molecule has 1 aromatic rings. The summed E-state index contributed by atoms with van der Waals surface area (Å²) < 4.78 is 0. The summed E-state index contributed by atoms with van der Waals surface area (Å²) in [5.74, 6) is 4.69. The number of carbonyl (C=O) groups is 1. The van der Waals surface area contributed by atoms with E-state index in [1.54, 1.807) is 6.92 Å². The molecule has 0 aromatic heterocycles. The lowest BCUT2D eigenvalue weighted by Gasteiger charge is -2.23. The summed E-state index contributed by atoms with van der Waals surface area (Å²) in [5, 5.41) is 19.8. The maximum absolute atomic E-state index is 12.3. The number of hydrazine groups is 1. The third-order valence-electron chi connectivity index (χ3n) is 2.97. The standard InChI is InChI=1S/C12H15N5O3/c1-8(6-7-13)16(2)12(18)9-4-3-5-10(15-14)11(9)17(19)20/h3-5,8,15H,6,14H2,1-2H3. The average Bonchev–Trinajstić information content (AvgIpc) is 2.44.